The molecule has 8 nitrogen and oxygen atoms in total. The minimum atomic E-state index is -2.18. The quantitative estimate of drug-likeness (QED) is 0.289. The molecule has 0 aromatic heterocycles. The Bertz CT molecular complexity index is 455. The van der Waals surface area contributed by atoms with Crippen molar-refractivity contribution in [1.82, 2.24) is 0 Å². The molecule has 0 aromatic carbocycles. The highest BCUT2D eigenvalue weighted by atomic mass is 28.4. The summed E-state index contributed by atoms with van der Waals surface area (Å²) in [6.45, 7) is 10.1. The minimum absolute atomic E-state index is 0.00711. The molecule has 0 radical (unpaired) electrons. The Morgan fingerprint density at radius 3 is 2.23 bits per heavy atom. The normalized spacial score (nSPS) is 14.8. The third-order valence-corrected chi connectivity index (χ3v) is 8.47. The molecule has 0 saturated heterocycles. The van der Waals surface area contributed by atoms with Crippen molar-refractivity contribution in [2.24, 2.45) is 11.0 Å². The Morgan fingerprint density at radius 1 is 1.32 bits per heavy atom. The maximum absolute atomic E-state index is 11.2. The molecule has 0 heterocycles. The van der Waals surface area contributed by atoms with Gasteiger partial charge >= 0.3 is 11.9 Å². The Labute approximate surface area is 131 Å². The van der Waals surface area contributed by atoms with Crippen LogP contribution in [0.5, 0.6) is 0 Å². The van der Waals surface area contributed by atoms with Crippen molar-refractivity contribution >= 4 is 20.3 Å². The van der Waals surface area contributed by atoms with Gasteiger partial charge in [-0.3, -0.25) is 9.59 Å². The zero-order valence-electron chi connectivity index (χ0n) is 13.7. The number of nitrogens with zero attached hydrogens (tertiary/aromatic N) is 3. The van der Waals surface area contributed by atoms with E-state index in [0.717, 1.165) is 0 Å². The summed E-state index contributed by atoms with van der Waals surface area (Å²) in [5.74, 6) is -3.43. The summed E-state index contributed by atoms with van der Waals surface area (Å²) < 4.78 is 6.08. The standard InChI is InChI=1S/C13H25N3O5Si/c1-13(2,3)22(4,5)21-10(8-15-16-14)6-9(12(19)20)7-11(17)18/h9-10H,6-8H2,1-5H3,(H,17,18)(H,19,20)/t9-,10-/m0/s1. The van der Waals surface area contributed by atoms with E-state index >= 15 is 0 Å². The second-order valence-corrected chi connectivity index (χ2v) is 11.5. The first-order valence-corrected chi connectivity index (χ1v) is 9.94. The Hall–Kier alpha value is -1.57. The number of rotatable bonds is 9. The summed E-state index contributed by atoms with van der Waals surface area (Å²) in [5.41, 5.74) is 8.47. The van der Waals surface area contributed by atoms with E-state index in [4.69, 9.17) is 20.2 Å². The Kier molecular flexibility index (Phi) is 7.58. The van der Waals surface area contributed by atoms with Gasteiger partial charge in [-0.15, -0.1) is 0 Å². The zero-order valence-corrected chi connectivity index (χ0v) is 14.7. The van der Waals surface area contributed by atoms with E-state index in [9.17, 15) is 9.59 Å². The van der Waals surface area contributed by atoms with Crippen LogP contribution in [-0.4, -0.2) is 43.1 Å². The number of carboxylic acids is 2. The summed E-state index contributed by atoms with van der Waals surface area (Å²) in [5, 5.41) is 21.3. The van der Waals surface area contributed by atoms with Gasteiger partial charge in [0.1, 0.15) is 0 Å². The van der Waals surface area contributed by atoms with Crippen LogP contribution < -0.4 is 0 Å². The molecule has 2 atom stereocenters. The van der Waals surface area contributed by atoms with Crippen LogP contribution in [0.1, 0.15) is 33.6 Å². The largest absolute Gasteiger partial charge is 0.481 e. The van der Waals surface area contributed by atoms with Gasteiger partial charge in [0.2, 0.25) is 0 Å². The highest BCUT2D eigenvalue weighted by Crippen LogP contribution is 2.38. The number of hydrogen-bond donors (Lipinski definition) is 2. The average Bonchev–Trinajstić information content (AvgIpc) is 2.32. The highest BCUT2D eigenvalue weighted by molar-refractivity contribution is 6.74. The van der Waals surface area contributed by atoms with Gasteiger partial charge in [-0.1, -0.05) is 25.9 Å². The van der Waals surface area contributed by atoms with E-state index in [0.29, 0.717) is 0 Å². The molecule has 0 spiro atoms. The average molecular weight is 331 g/mol. The molecule has 0 aliphatic carbocycles. The Balaban J connectivity index is 5.15. The van der Waals surface area contributed by atoms with Crippen LogP contribution in [0.3, 0.4) is 0 Å². The van der Waals surface area contributed by atoms with E-state index in [1.54, 1.807) is 0 Å². The number of aliphatic carboxylic acids is 2. The monoisotopic (exact) mass is 331 g/mol. The van der Waals surface area contributed by atoms with E-state index < -0.39 is 38.7 Å². The molecule has 0 bridgehead atoms. The van der Waals surface area contributed by atoms with Crippen molar-refractivity contribution in [1.29, 1.82) is 0 Å². The van der Waals surface area contributed by atoms with Gasteiger partial charge in [0.05, 0.1) is 25.0 Å². The maximum atomic E-state index is 11.2. The molecule has 0 aromatic rings. The topological polar surface area (TPSA) is 133 Å². The van der Waals surface area contributed by atoms with Crippen molar-refractivity contribution in [3.63, 3.8) is 0 Å². The van der Waals surface area contributed by atoms with Gasteiger partial charge in [0, 0.05) is 4.91 Å². The van der Waals surface area contributed by atoms with Gasteiger partial charge in [-0.05, 0) is 30.1 Å². The van der Waals surface area contributed by atoms with Crippen LogP contribution in [0.25, 0.3) is 10.4 Å². The molecular formula is C13H25N3O5Si. The first kappa shape index (κ1) is 20.4. The smallest absolute Gasteiger partial charge is 0.307 e. The van der Waals surface area contributed by atoms with E-state index in [1.807, 2.05) is 33.9 Å². The van der Waals surface area contributed by atoms with Gasteiger partial charge in [-0.2, -0.15) is 0 Å². The number of carbonyl (C=O) groups is 2. The summed E-state index contributed by atoms with van der Waals surface area (Å²) in [4.78, 5) is 24.6. The van der Waals surface area contributed by atoms with Crippen LogP contribution in [-0.2, 0) is 14.0 Å². The molecule has 0 unspecified atom stereocenters. The van der Waals surface area contributed by atoms with Crippen LogP contribution in [0.15, 0.2) is 5.11 Å². The lowest BCUT2D eigenvalue weighted by Gasteiger charge is -2.39. The fraction of sp³-hybridized carbons (Fsp3) is 0.846. The molecule has 0 fully saturated rings. The summed E-state index contributed by atoms with van der Waals surface area (Å²) in [6, 6.07) is 0. The fourth-order valence-corrected chi connectivity index (χ4v) is 3.04. The molecule has 0 aliphatic heterocycles. The maximum Gasteiger partial charge on any atom is 0.307 e. The summed E-state index contributed by atoms with van der Waals surface area (Å²) in [7, 11) is -2.18. The molecule has 0 rings (SSSR count). The third kappa shape index (κ3) is 6.93. The van der Waals surface area contributed by atoms with Gasteiger partial charge in [0.15, 0.2) is 8.32 Å². The number of hydrogen-bond acceptors (Lipinski definition) is 4. The molecule has 2 N–H and O–H groups in total. The highest BCUT2D eigenvalue weighted by Gasteiger charge is 2.40. The molecule has 22 heavy (non-hydrogen) atoms. The van der Waals surface area contributed by atoms with Gasteiger partial charge in [0.25, 0.3) is 0 Å². The van der Waals surface area contributed by atoms with Crippen molar-refractivity contribution in [2.45, 2.75) is 57.8 Å². The molecular weight excluding hydrogens is 306 g/mol. The lowest BCUT2D eigenvalue weighted by molar-refractivity contribution is -0.149. The first-order valence-electron chi connectivity index (χ1n) is 7.04. The molecule has 0 amide bonds. The van der Waals surface area contributed by atoms with E-state index in [-0.39, 0.29) is 18.0 Å². The van der Waals surface area contributed by atoms with E-state index in [1.165, 1.54) is 0 Å². The second kappa shape index (κ2) is 8.16. The predicted octanol–water partition coefficient (Wildman–Crippen LogP) is 3.25. The Morgan fingerprint density at radius 2 is 1.86 bits per heavy atom. The zero-order chi connectivity index (χ0) is 17.6. The molecule has 0 saturated carbocycles. The van der Waals surface area contributed by atoms with Crippen LogP contribution >= 0.6 is 0 Å². The van der Waals surface area contributed by atoms with E-state index in [2.05, 4.69) is 10.0 Å². The van der Waals surface area contributed by atoms with Crippen LogP contribution in [0, 0.1) is 5.92 Å². The van der Waals surface area contributed by atoms with Crippen molar-refractivity contribution < 1.29 is 24.2 Å². The minimum Gasteiger partial charge on any atom is -0.481 e. The van der Waals surface area contributed by atoms with Gasteiger partial charge in [-0.25, -0.2) is 0 Å². The summed E-state index contributed by atoms with van der Waals surface area (Å²) >= 11 is 0. The van der Waals surface area contributed by atoms with Crippen molar-refractivity contribution in [2.75, 3.05) is 6.54 Å². The second-order valence-electron chi connectivity index (χ2n) is 6.78. The number of azide groups is 1. The van der Waals surface area contributed by atoms with Crippen LogP contribution in [0.2, 0.25) is 18.1 Å². The SMILES string of the molecule is CC(C)(C)[Si](C)(C)O[C@H](CN=[N+]=[N-])C[C@@H](CC(=O)O)C(=O)O. The van der Waals surface area contributed by atoms with Crippen molar-refractivity contribution in [3.8, 4) is 0 Å². The predicted molar refractivity (Wildman–Crippen MR) is 84.1 cm³/mol. The lowest BCUT2D eigenvalue weighted by atomic mass is 9.98. The third-order valence-electron chi connectivity index (χ3n) is 3.93. The summed E-state index contributed by atoms with van der Waals surface area (Å²) in [6.07, 6.45) is -1.08. The molecule has 126 valence electrons. The molecule has 9 heteroatoms. The van der Waals surface area contributed by atoms with Crippen LogP contribution in [0.4, 0.5) is 0 Å². The fourth-order valence-electron chi connectivity index (χ4n) is 1.68. The first-order chi connectivity index (χ1) is 9.90. The molecule has 0 aliphatic rings. The van der Waals surface area contributed by atoms with Crippen molar-refractivity contribution in [3.05, 3.63) is 10.4 Å². The lowest BCUT2D eigenvalue weighted by Crippen LogP contribution is -2.45. The van der Waals surface area contributed by atoms with Gasteiger partial charge < -0.3 is 14.6 Å². The number of carboxylic acid groups (broad SMARTS) is 2.